The quantitative estimate of drug-likeness (QED) is 0.922. The fourth-order valence-corrected chi connectivity index (χ4v) is 2.40. The van der Waals surface area contributed by atoms with Crippen LogP contribution < -0.4 is 0 Å². The number of nitrogens with zero attached hydrogens (tertiary/aromatic N) is 4. The van der Waals surface area contributed by atoms with Gasteiger partial charge in [-0.1, -0.05) is 6.92 Å². The maximum Gasteiger partial charge on any atom is 0.125 e. The van der Waals surface area contributed by atoms with Crippen molar-refractivity contribution in [3.05, 3.63) is 34.3 Å². The molecule has 0 aromatic carbocycles. The lowest BCUT2D eigenvalue weighted by molar-refractivity contribution is 0.206. The van der Waals surface area contributed by atoms with Crippen molar-refractivity contribution in [2.45, 2.75) is 39.5 Å². The summed E-state index contributed by atoms with van der Waals surface area (Å²) in [6, 6.07) is 0. The van der Waals surface area contributed by atoms with Gasteiger partial charge in [0.05, 0.1) is 22.6 Å². The van der Waals surface area contributed by atoms with E-state index in [4.69, 9.17) is 0 Å². The number of rotatable bonds is 5. The van der Waals surface area contributed by atoms with Crippen molar-refractivity contribution in [3.63, 3.8) is 0 Å². The smallest absolute Gasteiger partial charge is 0.125 e. The number of aromatic nitrogens is 4. The third-order valence-corrected chi connectivity index (χ3v) is 3.43. The summed E-state index contributed by atoms with van der Waals surface area (Å²) in [6.07, 6.45) is 5.55. The minimum Gasteiger partial charge on any atom is -0.382 e. The molecule has 0 amide bonds. The molecule has 0 saturated heterocycles. The van der Waals surface area contributed by atoms with E-state index in [0.717, 1.165) is 35.2 Å². The van der Waals surface area contributed by atoms with Gasteiger partial charge in [0.1, 0.15) is 6.10 Å². The summed E-state index contributed by atoms with van der Waals surface area (Å²) in [7, 11) is 0. The number of hydrogen-bond donors (Lipinski definition) is 1. The molecule has 6 heteroatoms. The summed E-state index contributed by atoms with van der Waals surface area (Å²) in [6.45, 7) is 5.68. The molecule has 0 radical (unpaired) electrons. The normalized spacial score (nSPS) is 12.9. The lowest BCUT2D eigenvalue weighted by Crippen LogP contribution is -2.10. The van der Waals surface area contributed by atoms with Crippen molar-refractivity contribution in [2.75, 3.05) is 0 Å². The van der Waals surface area contributed by atoms with Crippen LogP contribution in [0.1, 0.15) is 37.6 Å². The Morgan fingerprint density at radius 1 is 1.33 bits per heavy atom. The van der Waals surface area contributed by atoms with E-state index in [9.17, 15) is 5.11 Å². The summed E-state index contributed by atoms with van der Waals surface area (Å²) in [5.41, 5.74) is 1.57. The van der Waals surface area contributed by atoms with E-state index in [0.29, 0.717) is 0 Å². The molecule has 2 heterocycles. The zero-order valence-corrected chi connectivity index (χ0v) is 12.1. The average Bonchev–Trinajstić information content (AvgIpc) is 2.96. The van der Waals surface area contributed by atoms with E-state index < -0.39 is 6.10 Å². The first-order chi connectivity index (χ1) is 8.67. The molecule has 0 spiro atoms. The van der Waals surface area contributed by atoms with Crippen molar-refractivity contribution >= 4 is 15.9 Å². The molecular weight excluding hydrogens is 296 g/mol. The van der Waals surface area contributed by atoms with Crippen molar-refractivity contribution < 1.29 is 5.11 Å². The monoisotopic (exact) mass is 312 g/mol. The van der Waals surface area contributed by atoms with Crippen LogP contribution in [0.3, 0.4) is 0 Å². The van der Waals surface area contributed by atoms with Crippen LogP contribution in [0, 0.1) is 0 Å². The van der Waals surface area contributed by atoms with Crippen molar-refractivity contribution in [3.8, 4) is 0 Å². The molecule has 0 aliphatic rings. The van der Waals surface area contributed by atoms with Crippen LogP contribution in [0.15, 0.2) is 23.1 Å². The first kappa shape index (κ1) is 13.3. The molecule has 0 bridgehead atoms. The highest BCUT2D eigenvalue weighted by Crippen LogP contribution is 2.28. The van der Waals surface area contributed by atoms with Crippen molar-refractivity contribution in [1.82, 2.24) is 19.6 Å². The largest absolute Gasteiger partial charge is 0.382 e. The average molecular weight is 313 g/mol. The molecule has 2 rings (SSSR count). The van der Waals surface area contributed by atoms with E-state index >= 15 is 0 Å². The van der Waals surface area contributed by atoms with Gasteiger partial charge in [-0.15, -0.1) is 0 Å². The zero-order valence-electron chi connectivity index (χ0n) is 10.5. The van der Waals surface area contributed by atoms with Crippen LogP contribution in [0.5, 0.6) is 0 Å². The van der Waals surface area contributed by atoms with E-state index in [1.165, 1.54) is 0 Å². The predicted molar refractivity (Wildman–Crippen MR) is 72.2 cm³/mol. The van der Waals surface area contributed by atoms with Crippen LogP contribution in [-0.4, -0.2) is 24.7 Å². The number of aliphatic hydroxyl groups excluding tert-OH is 1. The fourth-order valence-electron chi connectivity index (χ4n) is 1.89. The lowest BCUT2D eigenvalue weighted by atomic mass is 10.1. The van der Waals surface area contributed by atoms with Gasteiger partial charge in [0.25, 0.3) is 0 Å². The Labute approximate surface area is 115 Å². The van der Waals surface area contributed by atoms with E-state index in [-0.39, 0.29) is 0 Å². The van der Waals surface area contributed by atoms with Gasteiger partial charge in [-0.05, 0) is 29.3 Å². The summed E-state index contributed by atoms with van der Waals surface area (Å²) in [5, 5.41) is 18.9. The first-order valence-electron chi connectivity index (χ1n) is 6.09. The molecule has 1 N–H and O–H groups in total. The molecule has 18 heavy (non-hydrogen) atoms. The molecule has 0 fully saturated rings. The molecule has 2 aromatic rings. The number of hydrogen-bond acceptors (Lipinski definition) is 3. The highest BCUT2D eigenvalue weighted by Gasteiger charge is 2.20. The zero-order chi connectivity index (χ0) is 13.1. The Balaban J connectivity index is 2.32. The molecule has 0 saturated carbocycles. The SMILES string of the molecule is CCCn1ncc(Br)c1C(O)c1cnn(CC)c1. The lowest BCUT2D eigenvalue weighted by Gasteiger charge is -2.12. The second-order valence-electron chi connectivity index (χ2n) is 4.13. The third-order valence-electron chi connectivity index (χ3n) is 2.82. The number of halogens is 1. The van der Waals surface area contributed by atoms with Crippen LogP contribution >= 0.6 is 15.9 Å². The van der Waals surface area contributed by atoms with Gasteiger partial charge in [-0.3, -0.25) is 9.36 Å². The van der Waals surface area contributed by atoms with Crippen LogP contribution in [-0.2, 0) is 13.1 Å². The standard InChI is InChI=1S/C12H17BrN4O/c1-3-5-17-11(10(13)7-15-17)12(18)9-6-14-16(4-2)8-9/h6-8,12,18H,3-5H2,1-2H3. The van der Waals surface area contributed by atoms with Gasteiger partial charge in [0, 0.05) is 24.8 Å². The van der Waals surface area contributed by atoms with E-state index in [1.807, 2.05) is 17.8 Å². The van der Waals surface area contributed by atoms with Gasteiger partial charge in [-0.2, -0.15) is 10.2 Å². The first-order valence-corrected chi connectivity index (χ1v) is 6.88. The molecule has 1 atom stereocenters. The second kappa shape index (κ2) is 5.67. The molecule has 5 nitrogen and oxygen atoms in total. The maximum atomic E-state index is 10.4. The van der Waals surface area contributed by atoms with E-state index in [2.05, 4.69) is 33.1 Å². The summed E-state index contributed by atoms with van der Waals surface area (Å²) in [4.78, 5) is 0. The molecule has 98 valence electrons. The summed E-state index contributed by atoms with van der Waals surface area (Å²) < 4.78 is 4.46. The van der Waals surface area contributed by atoms with Crippen LogP contribution in [0.4, 0.5) is 0 Å². The highest BCUT2D eigenvalue weighted by atomic mass is 79.9. The van der Waals surface area contributed by atoms with Gasteiger partial charge in [0.15, 0.2) is 0 Å². The Morgan fingerprint density at radius 3 is 2.72 bits per heavy atom. The topological polar surface area (TPSA) is 55.9 Å². The molecular formula is C12H17BrN4O. The summed E-state index contributed by atoms with van der Waals surface area (Å²) in [5.74, 6) is 0. The highest BCUT2D eigenvalue weighted by molar-refractivity contribution is 9.10. The Morgan fingerprint density at radius 2 is 2.11 bits per heavy atom. The fraction of sp³-hybridized carbons (Fsp3) is 0.500. The minimum absolute atomic E-state index is 0.700. The molecule has 1 unspecified atom stereocenters. The maximum absolute atomic E-state index is 10.4. The Kier molecular flexibility index (Phi) is 4.19. The molecule has 0 aliphatic carbocycles. The predicted octanol–water partition coefficient (Wildman–Crippen LogP) is 2.35. The number of aliphatic hydroxyl groups is 1. The molecule has 0 aliphatic heterocycles. The van der Waals surface area contributed by atoms with Crippen molar-refractivity contribution in [2.24, 2.45) is 0 Å². The minimum atomic E-state index is -0.700. The van der Waals surface area contributed by atoms with Gasteiger partial charge >= 0.3 is 0 Å². The van der Waals surface area contributed by atoms with Crippen LogP contribution in [0.25, 0.3) is 0 Å². The third kappa shape index (κ3) is 2.49. The Bertz CT molecular complexity index is 520. The van der Waals surface area contributed by atoms with Crippen LogP contribution in [0.2, 0.25) is 0 Å². The Hall–Kier alpha value is -1.14. The van der Waals surface area contributed by atoms with Gasteiger partial charge < -0.3 is 5.11 Å². The van der Waals surface area contributed by atoms with Gasteiger partial charge in [-0.25, -0.2) is 0 Å². The van der Waals surface area contributed by atoms with E-state index in [1.54, 1.807) is 17.1 Å². The molecule has 2 aromatic heterocycles. The van der Waals surface area contributed by atoms with Crippen molar-refractivity contribution in [1.29, 1.82) is 0 Å². The summed E-state index contributed by atoms with van der Waals surface area (Å²) >= 11 is 3.44. The second-order valence-corrected chi connectivity index (χ2v) is 4.99. The number of aryl methyl sites for hydroxylation is 2. The van der Waals surface area contributed by atoms with Gasteiger partial charge in [0.2, 0.25) is 0 Å².